The van der Waals surface area contributed by atoms with Gasteiger partial charge in [-0.3, -0.25) is 9.59 Å². The Bertz CT molecular complexity index is 1100. The number of carbonyl (C=O) groups is 2. The van der Waals surface area contributed by atoms with E-state index >= 15 is 0 Å². The molecule has 2 heterocycles. The molecule has 0 fully saturated rings. The molecule has 0 bridgehead atoms. The molecule has 130 valence electrons. The molecule has 0 aliphatic carbocycles. The maximum absolute atomic E-state index is 12.7. The van der Waals surface area contributed by atoms with Gasteiger partial charge in [-0.1, -0.05) is 36.4 Å². The molecule has 26 heavy (non-hydrogen) atoms. The standard InChI is InChI=1S/C19H15N3O4/c23-16(21-10-9-12-5-1-4-8-15(12)21)11-22-18(24)14-7-3-2-6-13(14)17(20-22)19(25)26/h1-8H,9-11H2,(H,25,26). The molecule has 0 saturated carbocycles. The second-order valence-corrected chi connectivity index (χ2v) is 6.09. The lowest BCUT2D eigenvalue weighted by Crippen LogP contribution is -2.37. The van der Waals surface area contributed by atoms with Gasteiger partial charge in [0.15, 0.2) is 5.69 Å². The van der Waals surface area contributed by atoms with Crippen LogP contribution in [0, 0.1) is 0 Å². The van der Waals surface area contributed by atoms with E-state index < -0.39 is 11.5 Å². The normalized spacial score (nSPS) is 13.0. The summed E-state index contributed by atoms with van der Waals surface area (Å²) in [4.78, 5) is 38.5. The number of anilines is 1. The van der Waals surface area contributed by atoms with Crippen molar-refractivity contribution in [1.82, 2.24) is 9.78 Å². The summed E-state index contributed by atoms with van der Waals surface area (Å²) in [6, 6.07) is 14.0. The van der Waals surface area contributed by atoms with Crippen LogP contribution in [0.2, 0.25) is 0 Å². The molecule has 7 heteroatoms. The van der Waals surface area contributed by atoms with Crippen LogP contribution in [0.25, 0.3) is 10.8 Å². The first-order chi connectivity index (χ1) is 12.6. The Morgan fingerprint density at radius 3 is 2.50 bits per heavy atom. The van der Waals surface area contributed by atoms with Crippen LogP contribution in [0.3, 0.4) is 0 Å². The van der Waals surface area contributed by atoms with Crippen molar-refractivity contribution in [3.63, 3.8) is 0 Å². The minimum atomic E-state index is -1.24. The van der Waals surface area contributed by atoms with Gasteiger partial charge >= 0.3 is 5.97 Å². The third kappa shape index (κ3) is 2.54. The minimum Gasteiger partial charge on any atom is -0.476 e. The Labute approximate surface area is 148 Å². The first kappa shape index (κ1) is 16.0. The topological polar surface area (TPSA) is 92.5 Å². The van der Waals surface area contributed by atoms with E-state index in [0.29, 0.717) is 6.54 Å². The van der Waals surface area contributed by atoms with Gasteiger partial charge in [0.05, 0.1) is 5.39 Å². The van der Waals surface area contributed by atoms with E-state index in [1.807, 2.05) is 24.3 Å². The number of aromatic carboxylic acids is 1. The number of aromatic nitrogens is 2. The lowest BCUT2D eigenvalue weighted by atomic mass is 10.1. The molecule has 0 saturated heterocycles. The molecule has 0 radical (unpaired) electrons. The van der Waals surface area contributed by atoms with E-state index in [-0.39, 0.29) is 28.9 Å². The summed E-state index contributed by atoms with van der Waals surface area (Å²) in [5, 5.41) is 13.8. The lowest BCUT2D eigenvalue weighted by Gasteiger charge is -2.18. The summed E-state index contributed by atoms with van der Waals surface area (Å²) in [5.74, 6) is -1.54. The second-order valence-electron chi connectivity index (χ2n) is 6.09. The van der Waals surface area contributed by atoms with Crippen LogP contribution in [0.4, 0.5) is 5.69 Å². The van der Waals surface area contributed by atoms with Crippen molar-refractivity contribution in [2.24, 2.45) is 0 Å². The summed E-state index contributed by atoms with van der Waals surface area (Å²) in [6.45, 7) is 0.227. The van der Waals surface area contributed by atoms with Gasteiger partial charge in [0.1, 0.15) is 6.54 Å². The Morgan fingerprint density at radius 1 is 1.04 bits per heavy atom. The van der Waals surface area contributed by atoms with E-state index in [9.17, 15) is 19.5 Å². The van der Waals surface area contributed by atoms with Gasteiger partial charge in [0, 0.05) is 17.6 Å². The number of fused-ring (bicyclic) bond motifs is 2. The largest absolute Gasteiger partial charge is 0.476 e. The average molecular weight is 349 g/mol. The van der Waals surface area contributed by atoms with Crippen molar-refractivity contribution in [3.8, 4) is 0 Å². The molecule has 0 spiro atoms. The zero-order valence-electron chi connectivity index (χ0n) is 13.8. The van der Waals surface area contributed by atoms with E-state index in [2.05, 4.69) is 5.10 Å². The van der Waals surface area contributed by atoms with Gasteiger partial charge in [0.2, 0.25) is 5.91 Å². The van der Waals surface area contributed by atoms with Gasteiger partial charge in [0.25, 0.3) is 5.56 Å². The van der Waals surface area contributed by atoms with Crippen molar-refractivity contribution in [2.75, 3.05) is 11.4 Å². The van der Waals surface area contributed by atoms with Crippen molar-refractivity contribution >= 4 is 28.3 Å². The second kappa shape index (κ2) is 6.11. The van der Waals surface area contributed by atoms with Crippen LogP contribution in [0.5, 0.6) is 0 Å². The lowest BCUT2D eigenvalue weighted by molar-refractivity contribution is -0.119. The summed E-state index contributed by atoms with van der Waals surface area (Å²) in [7, 11) is 0. The van der Waals surface area contributed by atoms with Crippen molar-refractivity contribution in [1.29, 1.82) is 0 Å². The van der Waals surface area contributed by atoms with Crippen LogP contribution in [0.1, 0.15) is 16.1 Å². The van der Waals surface area contributed by atoms with E-state index in [0.717, 1.165) is 22.4 Å². The Kier molecular flexibility index (Phi) is 3.76. The van der Waals surface area contributed by atoms with Crippen LogP contribution in [-0.2, 0) is 17.8 Å². The Balaban J connectivity index is 1.74. The summed E-state index contributed by atoms with van der Waals surface area (Å²) in [5.41, 5.74) is 1.18. The fourth-order valence-corrected chi connectivity index (χ4v) is 3.31. The molecule has 2 aromatic carbocycles. The number of carboxylic acid groups (broad SMARTS) is 1. The Morgan fingerprint density at radius 2 is 1.73 bits per heavy atom. The molecule has 3 aromatic rings. The summed E-state index contributed by atoms with van der Waals surface area (Å²) < 4.78 is 0.940. The zero-order valence-corrected chi connectivity index (χ0v) is 13.8. The maximum Gasteiger partial charge on any atom is 0.357 e. The fraction of sp³-hybridized carbons (Fsp3) is 0.158. The number of para-hydroxylation sites is 1. The fourth-order valence-electron chi connectivity index (χ4n) is 3.31. The average Bonchev–Trinajstić information content (AvgIpc) is 3.08. The molecule has 1 aromatic heterocycles. The Hall–Kier alpha value is -3.48. The molecule has 1 aliphatic heterocycles. The monoisotopic (exact) mass is 349 g/mol. The van der Waals surface area contributed by atoms with Crippen LogP contribution < -0.4 is 10.5 Å². The number of rotatable bonds is 3. The molecule has 1 N–H and O–H groups in total. The minimum absolute atomic E-state index is 0.231. The molecule has 0 unspecified atom stereocenters. The van der Waals surface area contributed by atoms with Crippen molar-refractivity contribution in [3.05, 3.63) is 70.1 Å². The van der Waals surface area contributed by atoms with Crippen molar-refractivity contribution < 1.29 is 14.7 Å². The van der Waals surface area contributed by atoms with Crippen LogP contribution in [0.15, 0.2) is 53.3 Å². The van der Waals surface area contributed by atoms with Gasteiger partial charge in [-0.25, -0.2) is 9.48 Å². The molecule has 7 nitrogen and oxygen atoms in total. The highest BCUT2D eigenvalue weighted by Gasteiger charge is 2.25. The zero-order chi connectivity index (χ0) is 18.3. The molecule has 4 rings (SSSR count). The van der Waals surface area contributed by atoms with Crippen molar-refractivity contribution in [2.45, 2.75) is 13.0 Å². The maximum atomic E-state index is 12.7. The predicted octanol–water partition coefficient (Wildman–Crippen LogP) is 1.68. The highest BCUT2D eigenvalue weighted by atomic mass is 16.4. The number of nitrogens with zero attached hydrogens (tertiary/aromatic N) is 3. The first-order valence-electron chi connectivity index (χ1n) is 8.17. The highest BCUT2D eigenvalue weighted by Crippen LogP contribution is 2.27. The van der Waals surface area contributed by atoms with Gasteiger partial charge < -0.3 is 10.0 Å². The van der Waals surface area contributed by atoms with Gasteiger partial charge in [-0.05, 0) is 24.1 Å². The first-order valence-corrected chi connectivity index (χ1v) is 8.17. The number of benzene rings is 2. The van der Waals surface area contributed by atoms with E-state index in [4.69, 9.17) is 0 Å². The smallest absolute Gasteiger partial charge is 0.357 e. The number of amides is 1. The summed E-state index contributed by atoms with van der Waals surface area (Å²) >= 11 is 0. The van der Waals surface area contributed by atoms with E-state index in [1.54, 1.807) is 17.0 Å². The third-order valence-electron chi connectivity index (χ3n) is 4.54. The SMILES string of the molecule is O=C(O)c1nn(CC(=O)N2CCc3ccccc32)c(=O)c2ccccc12. The van der Waals surface area contributed by atoms with Gasteiger partial charge in [-0.15, -0.1) is 0 Å². The number of carboxylic acids is 1. The van der Waals surface area contributed by atoms with Crippen LogP contribution >= 0.6 is 0 Å². The molecule has 0 atom stereocenters. The molecular formula is C19H15N3O4. The summed E-state index contributed by atoms with van der Waals surface area (Å²) in [6.07, 6.45) is 0.752. The predicted molar refractivity (Wildman–Crippen MR) is 95.5 cm³/mol. The van der Waals surface area contributed by atoms with E-state index in [1.165, 1.54) is 12.1 Å². The van der Waals surface area contributed by atoms with Gasteiger partial charge in [-0.2, -0.15) is 5.10 Å². The number of hydrogen-bond donors (Lipinski definition) is 1. The molecule has 1 aliphatic rings. The van der Waals surface area contributed by atoms with Crippen LogP contribution in [-0.4, -0.2) is 33.3 Å². The number of hydrogen-bond acceptors (Lipinski definition) is 4. The highest BCUT2D eigenvalue weighted by molar-refractivity contribution is 6.01. The molecule has 1 amide bonds. The number of carbonyl (C=O) groups excluding carboxylic acids is 1. The molecular weight excluding hydrogens is 334 g/mol. The quantitative estimate of drug-likeness (QED) is 0.777. The third-order valence-corrected chi connectivity index (χ3v) is 4.54.